The zero-order chi connectivity index (χ0) is 38.9. The zero-order valence-corrected chi connectivity index (χ0v) is 34.5. The molecule has 1 aliphatic rings. The summed E-state index contributed by atoms with van der Waals surface area (Å²) < 4.78 is 23.0. The molecule has 1 aromatic rings. The summed E-state index contributed by atoms with van der Waals surface area (Å²) in [5.41, 5.74) is 0.617. The molecule has 0 aliphatic carbocycles. The van der Waals surface area contributed by atoms with Crippen molar-refractivity contribution < 1.29 is 48.0 Å². The monoisotopic (exact) mass is 855 g/mol. The number of hydrogen-bond donors (Lipinski definition) is 1. The Hall–Kier alpha value is -1.51. The van der Waals surface area contributed by atoms with E-state index in [1.807, 2.05) is 31.4 Å². The highest BCUT2D eigenvalue weighted by molar-refractivity contribution is 7.09. The van der Waals surface area contributed by atoms with Gasteiger partial charge in [0.2, 0.25) is 7.59 Å². The van der Waals surface area contributed by atoms with E-state index < -0.39 is 92.9 Å². The first-order valence-electron chi connectivity index (χ1n) is 15.9. The normalized spacial score (nSPS) is 26.1. The molecule has 0 spiro atoms. The molecule has 2 rings (SSSR count). The summed E-state index contributed by atoms with van der Waals surface area (Å²) in [6.07, 6.45) is -3.10. The Morgan fingerprint density at radius 2 is 1.61 bits per heavy atom. The standard InChI is InChI=1S/C33H43Cl6NO10S/c1-17-8-10-23(41)19(3)27(50-30(45)47-16-33(37,38)39)20(4)28(43)31(6,7)25(49-29(44)46-15-32(34,35)36)13-26(42)48-24(11-9-17)18(2)12-22-14-51-21(5)40-22/h9,12,14,19-20,23-25,27,41H,8,10-11,13,15-16H2,1-7H3/t19-,20-,23?,24+,25+,27+/m1/s1. The van der Waals surface area contributed by atoms with Gasteiger partial charge in [-0.1, -0.05) is 95.1 Å². The average Bonchev–Trinajstić information content (AvgIpc) is 3.43. The predicted molar refractivity (Wildman–Crippen MR) is 199 cm³/mol. The number of aliphatic hydroxyl groups excluding tert-OH is 1. The molecule has 1 unspecified atom stereocenters. The number of cyclic esters (lactones) is 1. The Balaban J connectivity index is 2.59. The number of Topliss-reactive ketones (excluding diaryl/α,β-unsaturated/α-hetero) is 1. The maximum Gasteiger partial charge on any atom is 0.508 e. The second-order valence-corrected chi connectivity index (χ2v) is 19.1. The average molecular weight is 858 g/mol. The molecule has 18 heteroatoms. The van der Waals surface area contributed by atoms with Crippen LogP contribution in [0.25, 0.3) is 6.08 Å². The van der Waals surface area contributed by atoms with E-state index >= 15 is 0 Å². The van der Waals surface area contributed by atoms with Gasteiger partial charge in [0.05, 0.1) is 34.6 Å². The second-order valence-electron chi connectivity index (χ2n) is 13.0. The number of aromatic nitrogens is 1. The van der Waals surface area contributed by atoms with Crippen LogP contribution < -0.4 is 0 Å². The van der Waals surface area contributed by atoms with Crippen molar-refractivity contribution in [3.05, 3.63) is 33.3 Å². The molecule has 0 saturated heterocycles. The van der Waals surface area contributed by atoms with Crippen molar-refractivity contribution in [2.45, 2.75) is 106 Å². The van der Waals surface area contributed by atoms with Gasteiger partial charge in [0, 0.05) is 17.7 Å². The molecular weight excluding hydrogens is 815 g/mol. The highest BCUT2D eigenvalue weighted by Gasteiger charge is 2.48. The highest BCUT2D eigenvalue weighted by Crippen LogP contribution is 2.36. The first-order valence-corrected chi connectivity index (χ1v) is 19.0. The van der Waals surface area contributed by atoms with Crippen molar-refractivity contribution in [3.63, 3.8) is 0 Å². The van der Waals surface area contributed by atoms with Crippen molar-refractivity contribution in [2.24, 2.45) is 17.3 Å². The van der Waals surface area contributed by atoms with Crippen LogP contribution in [-0.4, -0.2) is 79.4 Å². The number of halogens is 6. The largest absolute Gasteiger partial charge is 0.508 e. The number of carbonyl (C=O) groups excluding carboxylic acids is 4. The maximum atomic E-state index is 14.3. The molecule has 1 aromatic heterocycles. The van der Waals surface area contributed by atoms with Gasteiger partial charge in [0.25, 0.3) is 0 Å². The number of ketones is 1. The SMILES string of the molecule is CC1=CC[C@@H](C(C)=Cc2csc(C)n2)OC(=O)C[C@H](OC(=O)OCC(Cl)(Cl)Cl)C(C)(C)C(=O)[C@H](C)[C@@H](OC(=O)OCC(Cl)(Cl)Cl)[C@H](C)C(O)CC1. The lowest BCUT2D eigenvalue weighted by molar-refractivity contribution is -0.155. The third-order valence-electron chi connectivity index (χ3n) is 8.31. The third-order valence-corrected chi connectivity index (χ3v) is 9.76. The van der Waals surface area contributed by atoms with Crippen LogP contribution in [0.3, 0.4) is 0 Å². The van der Waals surface area contributed by atoms with E-state index in [1.165, 1.54) is 32.1 Å². The summed E-state index contributed by atoms with van der Waals surface area (Å²) in [6.45, 7) is 10.2. The molecule has 1 N–H and O–H groups in total. The fraction of sp³-hybridized carbons (Fsp3) is 0.667. The van der Waals surface area contributed by atoms with E-state index in [9.17, 15) is 24.3 Å². The summed E-state index contributed by atoms with van der Waals surface area (Å²) in [5.74, 6) is -3.38. The van der Waals surface area contributed by atoms with Gasteiger partial charge in [-0.2, -0.15) is 0 Å². The van der Waals surface area contributed by atoms with Gasteiger partial charge in [0.1, 0.15) is 37.3 Å². The number of hydrogen-bond acceptors (Lipinski definition) is 12. The first kappa shape index (κ1) is 45.6. The molecule has 0 radical (unpaired) electrons. The molecule has 0 aromatic carbocycles. The van der Waals surface area contributed by atoms with Gasteiger partial charge < -0.3 is 28.8 Å². The quantitative estimate of drug-likeness (QED) is 0.126. The van der Waals surface area contributed by atoms with Gasteiger partial charge >= 0.3 is 18.3 Å². The van der Waals surface area contributed by atoms with Crippen molar-refractivity contribution >= 4 is 111 Å². The zero-order valence-electron chi connectivity index (χ0n) is 29.2. The Bertz CT molecular complexity index is 1440. The number of nitrogens with zero attached hydrogens (tertiary/aromatic N) is 1. The summed E-state index contributed by atoms with van der Waals surface area (Å²) in [6, 6.07) is 0. The van der Waals surface area contributed by atoms with Gasteiger partial charge in [-0.15, -0.1) is 11.3 Å². The lowest BCUT2D eigenvalue weighted by Gasteiger charge is -2.38. The molecule has 6 atom stereocenters. The van der Waals surface area contributed by atoms with Gasteiger partial charge in [0.15, 0.2) is 0 Å². The highest BCUT2D eigenvalue weighted by atomic mass is 35.6. The van der Waals surface area contributed by atoms with Crippen LogP contribution in [0.15, 0.2) is 22.6 Å². The van der Waals surface area contributed by atoms with Crippen molar-refractivity contribution in [2.75, 3.05) is 13.2 Å². The maximum absolute atomic E-state index is 14.3. The Morgan fingerprint density at radius 3 is 2.14 bits per heavy atom. The van der Waals surface area contributed by atoms with Gasteiger partial charge in [-0.25, -0.2) is 14.6 Å². The van der Waals surface area contributed by atoms with Crippen molar-refractivity contribution in [1.29, 1.82) is 0 Å². The lowest BCUT2D eigenvalue weighted by atomic mass is 9.72. The van der Waals surface area contributed by atoms with Crippen LogP contribution in [0.2, 0.25) is 0 Å². The summed E-state index contributed by atoms with van der Waals surface area (Å²) in [7, 11) is 0. The van der Waals surface area contributed by atoms with Crippen LogP contribution in [0, 0.1) is 24.2 Å². The molecule has 0 saturated carbocycles. The second kappa shape index (κ2) is 19.7. The van der Waals surface area contributed by atoms with Crippen LogP contribution in [0.4, 0.5) is 9.59 Å². The van der Waals surface area contributed by atoms with E-state index in [2.05, 4.69) is 4.98 Å². The molecule has 0 bridgehead atoms. The van der Waals surface area contributed by atoms with E-state index in [0.717, 1.165) is 10.6 Å². The lowest BCUT2D eigenvalue weighted by Crippen LogP contribution is -2.49. The number of esters is 1. The molecule has 0 amide bonds. The molecule has 0 fully saturated rings. The van der Waals surface area contributed by atoms with E-state index in [1.54, 1.807) is 13.8 Å². The summed E-state index contributed by atoms with van der Waals surface area (Å²) >= 11 is 35.8. The summed E-state index contributed by atoms with van der Waals surface area (Å²) in [5, 5.41) is 14.0. The number of rotatable bonds is 6. The number of allylic oxidation sites excluding steroid dienone is 1. The van der Waals surface area contributed by atoms with Crippen molar-refractivity contribution in [3.8, 4) is 0 Å². The van der Waals surface area contributed by atoms with Gasteiger partial charge in [-0.3, -0.25) is 9.59 Å². The smallest absolute Gasteiger partial charge is 0.457 e. The molecule has 288 valence electrons. The third kappa shape index (κ3) is 15.8. The minimum absolute atomic E-state index is 0.231. The Morgan fingerprint density at radius 1 is 1.04 bits per heavy atom. The minimum Gasteiger partial charge on any atom is -0.457 e. The first-order chi connectivity index (χ1) is 23.4. The van der Waals surface area contributed by atoms with Crippen molar-refractivity contribution in [1.82, 2.24) is 4.98 Å². The molecular formula is C33H43Cl6NO10S. The Kier molecular flexibility index (Phi) is 17.6. The van der Waals surface area contributed by atoms with Crippen LogP contribution in [0.1, 0.15) is 77.9 Å². The summed E-state index contributed by atoms with van der Waals surface area (Å²) in [4.78, 5) is 58.0. The number of ether oxygens (including phenoxy) is 5. The molecule has 1 aliphatic heterocycles. The minimum atomic E-state index is -1.97. The fourth-order valence-electron chi connectivity index (χ4n) is 5.31. The number of aliphatic hydroxyl groups is 1. The van der Waals surface area contributed by atoms with Crippen LogP contribution in [-0.2, 0) is 33.3 Å². The van der Waals surface area contributed by atoms with E-state index in [0.29, 0.717) is 17.7 Å². The number of carbonyl (C=O) groups is 4. The molecule has 51 heavy (non-hydrogen) atoms. The van der Waals surface area contributed by atoms with Crippen LogP contribution in [0.5, 0.6) is 0 Å². The van der Waals surface area contributed by atoms with E-state index in [-0.39, 0.29) is 12.8 Å². The topological polar surface area (TPSA) is 148 Å². The molecule has 11 nitrogen and oxygen atoms in total. The number of thiazole rings is 1. The number of alkyl halides is 6. The predicted octanol–water partition coefficient (Wildman–Crippen LogP) is 9.30. The van der Waals surface area contributed by atoms with Crippen LogP contribution >= 0.6 is 80.9 Å². The number of aryl methyl sites for hydroxylation is 1. The fourth-order valence-corrected chi connectivity index (χ4v) is 6.20. The molecule has 2 heterocycles. The Labute approximate surface area is 332 Å². The van der Waals surface area contributed by atoms with E-state index in [4.69, 9.17) is 93.3 Å². The van der Waals surface area contributed by atoms with Gasteiger partial charge in [-0.05, 0) is 59.1 Å².